The Hall–Kier alpha value is -2.33. The minimum Gasteiger partial charge on any atom is -0.238 e. The standard InChI is InChI=1S/C20H21NO2S/c1-3-4-5-9-18-15-17-8-6-7-10-20(17)21(18)24(22,23)19-13-11-16(2)12-14-19/h3-4,6-8,10-15H,5,9H2,1-2H3/b4-3+. The van der Waals surface area contributed by atoms with Crippen molar-refractivity contribution in [1.29, 1.82) is 0 Å². The van der Waals surface area contributed by atoms with Crippen LogP contribution in [0, 0.1) is 6.92 Å². The SMILES string of the molecule is C/C=C/CCc1cc2ccccc2n1S(=O)(=O)c1ccc(C)cc1. The molecule has 1 heterocycles. The normalized spacial score (nSPS) is 12.2. The predicted octanol–water partition coefficient (Wildman–Crippen LogP) is 4.70. The van der Waals surface area contributed by atoms with Crippen molar-refractivity contribution in [2.45, 2.75) is 31.6 Å². The Kier molecular flexibility index (Phi) is 4.58. The van der Waals surface area contributed by atoms with Crippen molar-refractivity contribution in [3.63, 3.8) is 0 Å². The van der Waals surface area contributed by atoms with Crippen molar-refractivity contribution in [3.8, 4) is 0 Å². The van der Waals surface area contributed by atoms with E-state index in [2.05, 4.69) is 6.08 Å². The topological polar surface area (TPSA) is 39.1 Å². The molecule has 0 aliphatic carbocycles. The van der Waals surface area contributed by atoms with Gasteiger partial charge in [0.1, 0.15) is 0 Å². The summed E-state index contributed by atoms with van der Waals surface area (Å²) < 4.78 is 27.9. The van der Waals surface area contributed by atoms with E-state index in [0.29, 0.717) is 11.3 Å². The molecule has 0 unspecified atom stereocenters. The zero-order valence-electron chi connectivity index (χ0n) is 13.9. The van der Waals surface area contributed by atoms with Gasteiger partial charge >= 0.3 is 0 Å². The number of allylic oxidation sites excluding steroid dienone is 2. The molecule has 0 bridgehead atoms. The minimum absolute atomic E-state index is 0.321. The first-order chi connectivity index (χ1) is 11.5. The second-order valence-corrected chi connectivity index (χ2v) is 7.67. The van der Waals surface area contributed by atoms with Crippen LogP contribution in [0.5, 0.6) is 0 Å². The summed E-state index contributed by atoms with van der Waals surface area (Å²) in [6.07, 6.45) is 5.54. The zero-order chi connectivity index (χ0) is 17.2. The van der Waals surface area contributed by atoms with E-state index >= 15 is 0 Å². The van der Waals surface area contributed by atoms with E-state index < -0.39 is 10.0 Å². The zero-order valence-corrected chi connectivity index (χ0v) is 14.8. The van der Waals surface area contributed by atoms with Crippen LogP contribution in [0.4, 0.5) is 0 Å². The third-order valence-corrected chi connectivity index (χ3v) is 5.88. The van der Waals surface area contributed by atoms with Gasteiger partial charge in [-0.2, -0.15) is 0 Å². The van der Waals surface area contributed by atoms with Gasteiger partial charge in [0.05, 0.1) is 10.4 Å². The maximum atomic E-state index is 13.2. The minimum atomic E-state index is -3.61. The number of hydrogen-bond acceptors (Lipinski definition) is 2. The summed E-state index contributed by atoms with van der Waals surface area (Å²) in [6.45, 7) is 3.92. The number of aryl methyl sites for hydroxylation is 2. The van der Waals surface area contributed by atoms with Gasteiger partial charge in [0.2, 0.25) is 0 Å². The summed E-state index contributed by atoms with van der Waals surface area (Å²) in [5.41, 5.74) is 2.59. The highest BCUT2D eigenvalue weighted by atomic mass is 32.2. The van der Waals surface area contributed by atoms with Gasteiger partial charge in [-0.25, -0.2) is 12.4 Å². The first kappa shape index (κ1) is 16.5. The number of para-hydroxylation sites is 1. The highest BCUT2D eigenvalue weighted by Gasteiger charge is 2.22. The summed E-state index contributed by atoms with van der Waals surface area (Å²) in [7, 11) is -3.61. The Bertz CT molecular complexity index is 980. The third-order valence-electron chi connectivity index (χ3n) is 4.10. The van der Waals surface area contributed by atoms with Gasteiger partial charge < -0.3 is 0 Å². The third kappa shape index (κ3) is 3.02. The molecule has 1 aromatic heterocycles. The molecule has 3 aromatic rings. The van der Waals surface area contributed by atoms with Crippen molar-refractivity contribution >= 4 is 20.9 Å². The molecule has 2 aromatic carbocycles. The molecule has 0 amide bonds. The Morgan fingerprint density at radius 2 is 1.75 bits per heavy atom. The summed E-state index contributed by atoms with van der Waals surface area (Å²) in [5.74, 6) is 0. The number of nitrogens with zero attached hydrogens (tertiary/aromatic N) is 1. The van der Waals surface area contributed by atoms with Crippen LogP contribution in [0.3, 0.4) is 0 Å². The van der Waals surface area contributed by atoms with Gasteiger partial charge in [-0.1, -0.05) is 48.0 Å². The van der Waals surface area contributed by atoms with Crippen LogP contribution in [0.1, 0.15) is 24.6 Å². The molecule has 3 nitrogen and oxygen atoms in total. The smallest absolute Gasteiger partial charge is 0.238 e. The largest absolute Gasteiger partial charge is 0.268 e. The Balaban J connectivity index is 2.18. The Morgan fingerprint density at radius 1 is 1.04 bits per heavy atom. The highest BCUT2D eigenvalue weighted by molar-refractivity contribution is 7.90. The maximum absolute atomic E-state index is 13.2. The molecular weight excluding hydrogens is 318 g/mol. The molecule has 0 aliphatic rings. The predicted molar refractivity (Wildman–Crippen MR) is 98.8 cm³/mol. The first-order valence-electron chi connectivity index (χ1n) is 8.07. The summed E-state index contributed by atoms with van der Waals surface area (Å²) in [6, 6.07) is 16.6. The van der Waals surface area contributed by atoms with Gasteiger partial charge in [-0.3, -0.25) is 0 Å². The number of fused-ring (bicyclic) bond motifs is 1. The second-order valence-electron chi connectivity index (χ2n) is 5.88. The fourth-order valence-electron chi connectivity index (χ4n) is 2.86. The van der Waals surface area contributed by atoms with Crippen LogP contribution in [0.2, 0.25) is 0 Å². The van der Waals surface area contributed by atoms with E-state index in [-0.39, 0.29) is 0 Å². The molecule has 0 radical (unpaired) electrons. The van der Waals surface area contributed by atoms with Gasteiger partial charge in [0, 0.05) is 11.1 Å². The fourth-order valence-corrected chi connectivity index (χ4v) is 4.43. The number of benzene rings is 2. The van der Waals surface area contributed by atoms with Crippen molar-refractivity contribution in [2.24, 2.45) is 0 Å². The molecule has 0 atom stereocenters. The monoisotopic (exact) mass is 339 g/mol. The van der Waals surface area contributed by atoms with E-state index in [1.807, 2.05) is 62.4 Å². The van der Waals surface area contributed by atoms with Gasteiger partial charge in [0.15, 0.2) is 0 Å². The molecule has 124 valence electrons. The second kappa shape index (κ2) is 6.65. The summed E-state index contributed by atoms with van der Waals surface area (Å²) >= 11 is 0. The van der Waals surface area contributed by atoms with Crippen LogP contribution in [0.15, 0.2) is 71.6 Å². The molecule has 3 rings (SSSR count). The lowest BCUT2D eigenvalue weighted by Gasteiger charge is -2.12. The molecule has 24 heavy (non-hydrogen) atoms. The number of rotatable bonds is 5. The van der Waals surface area contributed by atoms with Gasteiger partial charge in [0.25, 0.3) is 10.0 Å². The average Bonchev–Trinajstić information content (AvgIpc) is 2.94. The molecule has 0 fully saturated rings. The molecule has 0 saturated carbocycles. The van der Waals surface area contributed by atoms with Crippen molar-refractivity contribution < 1.29 is 8.42 Å². The van der Waals surface area contributed by atoms with Gasteiger partial charge in [-0.05, 0) is 51.0 Å². The van der Waals surface area contributed by atoms with E-state index in [9.17, 15) is 8.42 Å². The Morgan fingerprint density at radius 3 is 2.46 bits per heavy atom. The summed E-state index contributed by atoms with van der Waals surface area (Å²) in [4.78, 5) is 0.321. The number of aromatic nitrogens is 1. The van der Waals surface area contributed by atoms with E-state index in [1.165, 1.54) is 3.97 Å². The maximum Gasteiger partial charge on any atom is 0.268 e. The quantitative estimate of drug-likeness (QED) is 0.632. The highest BCUT2D eigenvalue weighted by Crippen LogP contribution is 2.26. The molecule has 0 aliphatic heterocycles. The van der Waals surface area contributed by atoms with Crippen LogP contribution in [-0.4, -0.2) is 12.4 Å². The van der Waals surface area contributed by atoms with Crippen LogP contribution in [0.25, 0.3) is 10.9 Å². The van der Waals surface area contributed by atoms with Crippen LogP contribution in [-0.2, 0) is 16.4 Å². The molecule has 4 heteroatoms. The molecule has 0 spiro atoms. The van der Waals surface area contributed by atoms with Crippen molar-refractivity contribution in [1.82, 2.24) is 3.97 Å². The van der Waals surface area contributed by atoms with E-state index in [0.717, 1.165) is 28.6 Å². The molecule has 0 saturated heterocycles. The van der Waals surface area contributed by atoms with Crippen molar-refractivity contribution in [3.05, 3.63) is 78.0 Å². The first-order valence-corrected chi connectivity index (χ1v) is 9.51. The van der Waals surface area contributed by atoms with E-state index in [4.69, 9.17) is 0 Å². The van der Waals surface area contributed by atoms with Crippen molar-refractivity contribution in [2.75, 3.05) is 0 Å². The average molecular weight is 339 g/mol. The van der Waals surface area contributed by atoms with Gasteiger partial charge in [-0.15, -0.1) is 0 Å². The van der Waals surface area contributed by atoms with E-state index in [1.54, 1.807) is 12.1 Å². The number of hydrogen-bond donors (Lipinski definition) is 0. The summed E-state index contributed by atoms with van der Waals surface area (Å²) in [5, 5.41) is 0.948. The fraction of sp³-hybridized carbons (Fsp3) is 0.200. The van der Waals surface area contributed by atoms with Crippen LogP contribution >= 0.6 is 0 Å². The molecule has 0 N–H and O–H groups in total. The molecular formula is C20H21NO2S. The Labute approximate surface area is 143 Å². The lowest BCUT2D eigenvalue weighted by Crippen LogP contribution is -2.15. The lowest BCUT2D eigenvalue weighted by atomic mass is 10.2. The van der Waals surface area contributed by atoms with Crippen LogP contribution < -0.4 is 0 Å². The lowest BCUT2D eigenvalue weighted by molar-refractivity contribution is 0.587.